The Morgan fingerprint density at radius 2 is 1.94 bits per heavy atom. The van der Waals surface area contributed by atoms with Crippen molar-refractivity contribution in [2.45, 2.75) is 51.8 Å². The Morgan fingerprint density at radius 1 is 1.35 bits per heavy atom. The molecule has 0 aromatic heterocycles. The van der Waals surface area contributed by atoms with Gasteiger partial charge in [0.05, 0.1) is 5.60 Å². The summed E-state index contributed by atoms with van der Waals surface area (Å²) in [6.07, 6.45) is 0.708. The summed E-state index contributed by atoms with van der Waals surface area (Å²) < 4.78 is 5.31. The normalized spacial score (nSPS) is 26.1. The summed E-state index contributed by atoms with van der Waals surface area (Å²) in [6.45, 7) is 7.93. The third-order valence-corrected chi connectivity index (χ3v) is 3.37. The highest BCUT2D eigenvalue weighted by Crippen LogP contribution is 2.17. The highest BCUT2D eigenvalue weighted by molar-refractivity contribution is 5.96. The summed E-state index contributed by atoms with van der Waals surface area (Å²) in [5, 5.41) is 2.66. The lowest BCUT2D eigenvalue weighted by Crippen LogP contribution is -2.61. The lowest BCUT2D eigenvalue weighted by molar-refractivity contribution is -0.148. The number of amides is 2. The van der Waals surface area contributed by atoms with Gasteiger partial charge in [0.15, 0.2) is 0 Å². The Bertz CT molecular complexity index is 315. The summed E-state index contributed by atoms with van der Waals surface area (Å²) in [7, 11) is 1.65. The number of rotatable bonds is 4. The maximum atomic E-state index is 12.0. The van der Waals surface area contributed by atoms with Crippen LogP contribution in [0.15, 0.2) is 0 Å². The molecule has 0 aliphatic carbocycles. The van der Waals surface area contributed by atoms with Gasteiger partial charge in [-0.05, 0) is 34.1 Å². The zero-order chi connectivity index (χ0) is 13.2. The molecule has 17 heavy (non-hydrogen) atoms. The molecule has 0 saturated carbocycles. The largest absolute Gasteiger partial charge is 0.379 e. The van der Waals surface area contributed by atoms with Crippen molar-refractivity contribution in [2.24, 2.45) is 0 Å². The van der Waals surface area contributed by atoms with Crippen molar-refractivity contribution in [2.75, 3.05) is 13.7 Å². The molecule has 2 amide bonds. The molecule has 5 heteroatoms. The van der Waals surface area contributed by atoms with E-state index < -0.39 is 12.1 Å². The molecule has 1 N–H and O–H groups in total. The van der Waals surface area contributed by atoms with Gasteiger partial charge in [0.25, 0.3) is 0 Å². The van der Waals surface area contributed by atoms with E-state index in [-0.39, 0.29) is 17.4 Å². The van der Waals surface area contributed by atoms with Crippen LogP contribution in [0.2, 0.25) is 0 Å². The van der Waals surface area contributed by atoms with Crippen LogP contribution in [0, 0.1) is 0 Å². The van der Waals surface area contributed by atoms with E-state index in [1.807, 2.05) is 13.8 Å². The number of ether oxygens (including phenoxy) is 1. The zero-order valence-corrected chi connectivity index (χ0v) is 11.2. The van der Waals surface area contributed by atoms with E-state index >= 15 is 0 Å². The molecule has 1 heterocycles. The van der Waals surface area contributed by atoms with E-state index in [0.29, 0.717) is 13.0 Å². The lowest BCUT2D eigenvalue weighted by atomic mass is 10.0. The number of hydrogen-bond donors (Lipinski definition) is 1. The van der Waals surface area contributed by atoms with Crippen molar-refractivity contribution in [3.8, 4) is 0 Å². The standard InChI is InChI=1S/C12H22N2O3/c1-8-11(16)14(9(2)10(15)13-8)7-6-12(3,4)17-5/h8-9H,6-7H2,1-5H3,(H,13,15). The van der Waals surface area contributed by atoms with Crippen LogP contribution in [0.1, 0.15) is 34.1 Å². The predicted octanol–water partition coefficient (Wildman–Crippen LogP) is 0.537. The molecule has 0 aromatic rings. The minimum atomic E-state index is -0.427. The second-order valence-corrected chi connectivity index (χ2v) is 5.15. The molecule has 1 rings (SSSR count). The van der Waals surface area contributed by atoms with Gasteiger partial charge in [-0.25, -0.2) is 0 Å². The quantitative estimate of drug-likeness (QED) is 0.782. The zero-order valence-electron chi connectivity index (χ0n) is 11.2. The van der Waals surface area contributed by atoms with Crippen LogP contribution in [-0.2, 0) is 14.3 Å². The Balaban J connectivity index is 2.67. The third kappa shape index (κ3) is 3.19. The number of carbonyl (C=O) groups is 2. The summed E-state index contributed by atoms with van der Waals surface area (Å²) in [6, 6.07) is -0.823. The lowest BCUT2D eigenvalue weighted by Gasteiger charge is -2.37. The smallest absolute Gasteiger partial charge is 0.245 e. The highest BCUT2D eigenvalue weighted by Gasteiger charge is 2.36. The Hall–Kier alpha value is -1.10. The van der Waals surface area contributed by atoms with Gasteiger partial charge in [-0.3, -0.25) is 9.59 Å². The molecule has 1 fully saturated rings. The van der Waals surface area contributed by atoms with Crippen LogP contribution in [0.5, 0.6) is 0 Å². The SMILES string of the molecule is COC(C)(C)CCN1C(=O)C(C)NC(=O)C1C. The monoisotopic (exact) mass is 242 g/mol. The van der Waals surface area contributed by atoms with Crippen LogP contribution >= 0.6 is 0 Å². The number of piperazine rings is 1. The maximum Gasteiger partial charge on any atom is 0.245 e. The topological polar surface area (TPSA) is 58.6 Å². The highest BCUT2D eigenvalue weighted by atomic mass is 16.5. The molecule has 1 aliphatic rings. The molecular formula is C12H22N2O3. The summed E-state index contributed by atoms with van der Waals surface area (Å²) in [5.41, 5.74) is -0.281. The van der Waals surface area contributed by atoms with Crippen LogP contribution in [0.25, 0.3) is 0 Å². The molecule has 0 radical (unpaired) electrons. The second kappa shape index (κ2) is 5.04. The van der Waals surface area contributed by atoms with Crippen molar-refractivity contribution in [3.63, 3.8) is 0 Å². The Kier molecular flexibility index (Phi) is 4.14. The van der Waals surface area contributed by atoms with E-state index in [0.717, 1.165) is 0 Å². The van der Waals surface area contributed by atoms with Gasteiger partial charge in [0, 0.05) is 13.7 Å². The van der Waals surface area contributed by atoms with Crippen LogP contribution in [-0.4, -0.2) is 48.1 Å². The maximum absolute atomic E-state index is 12.0. The molecular weight excluding hydrogens is 220 g/mol. The second-order valence-electron chi connectivity index (χ2n) is 5.15. The molecule has 98 valence electrons. The van der Waals surface area contributed by atoms with Crippen molar-refractivity contribution in [3.05, 3.63) is 0 Å². The van der Waals surface area contributed by atoms with E-state index in [2.05, 4.69) is 5.32 Å². The van der Waals surface area contributed by atoms with Gasteiger partial charge < -0.3 is 15.0 Å². The molecule has 0 bridgehead atoms. The first-order chi connectivity index (χ1) is 7.78. The van der Waals surface area contributed by atoms with Crippen molar-refractivity contribution in [1.82, 2.24) is 10.2 Å². The van der Waals surface area contributed by atoms with E-state index in [9.17, 15) is 9.59 Å². The summed E-state index contributed by atoms with van der Waals surface area (Å²) >= 11 is 0. The van der Waals surface area contributed by atoms with E-state index in [4.69, 9.17) is 4.74 Å². The molecule has 0 aromatic carbocycles. The molecule has 5 nitrogen and oxygen atoms in total. The van der Waals surface area contributed by atoms with Crippen LogP contribution in [0.4, 0.5) is 0 Å². The van der Waals surface area contributed by atoms with Gasteiger partial charge in [-0.15, -0.1) is 0 Å². The molecule has 2 unspecified atom stereocenters. The summed E-state index contributed by atoms with van der Waals surface area (Å²) in [5.74, 6) is -0.115. The average molecular weight is 242 g/mol. The first kappa shape index (κ1) is 14.0. The van der Waals surface area contributed by atoms with Crippen LogP contribution in [0.3, 0.4) is 0 Å². The summed E-state index contributed by atoms with van der Waals surface area (Å²) in [4.78, 5) is 25.2. The Labute approximate surface area is 102 Å². The van der Waals surface area contributed by atoms with Gasteiger partial charge in [-0.1, -0.05) is 0 Å². The van der Waals surface area contributed by atoms with Crippen LogP contribution < -0.4 is 5.32 Å². The number of nitrogens with zero attached hydrogens (tertiary/aromatic N) is 1. The first-order valence-corrected chi connectivity index (χ1v) is 5.94. The molecule has 1 saturated heterocycles. The number of carbonyl (C=O) groups excluding carboxylic acids is 2. The molecule has 0 spiro atoms. The molecule has 1 aliphatic heterocycles. The minimum absolute atomic E-state index is 0.0241. The fraction of sp³-hybridized carbons (Fsp3) is 0.833. The average Bonchev–Trinajstić information content (AvgIpc) is 2.26. The van der Waals surface area contributed by atoms with E-state index in [1.54, 1.807) is 25.9 Å². The van der Waals surface area contributed by atoms with Gasteiger partial charge in [-0.2, -0.15) is 0 Å². The van der Waals surface area contributed by atoms with Gasteiger partial charge >= 0.3 is 0 Å². The molecule has 2 atom stereocenters. The Morgan fingerprint density at radius 3 is 2.47 bits per heavy atom. The van der Waals surface area contributed by atoms with Gasteiger partial charge in [0.1, 0.15) is 12.1 Å². The van der Waals surface area contributed by atoms with Crippen molar-refractivity contribution < 1.29 is 14.3 Å². The number of nitrogens with one attached hydrogen (secondary N) is 1. The van der Waals surface area contributed by atoms with Crippen molar-refractivity contribution >= 4 is 11.8 Å². The number of hydrogen-bond acceptors (Lipinski definition) is 3. The minimum Gasteiger partial charge on any atom is -0.379 e. The third-order valence-electron chi connectivity index (χ3n) is 3.37. The first-order valence-electron chi connectivity index (χ1n) is 5.94. The fourth-order valence-corrected chi connectivity index (χ4v) is 1.77. The fourth-order valence-electron chi connectivity index (χ4n) is 1.77. The van der Waals surface area contributed by atoms with Gasteiger partial charge in [0.2, 0.25) is 11.8 Å². The number of methoxy groups -OCH3 is 1. The van der Waals surface area contributed by atoms with E-state index in [1.165, 1.54) is 0 Å². The predicted molar refractivity (Wildman–Crippen MR) is 64.5 cm³/mol. The van der Waals surface area contributed by atoms with Crippen molar-refractivity contribution in [1.29, 1.82) is 0 Å².